The Kier molecular flexibility index (Phi) is 6.90. The number of ether oxygens (including phenoxy) is 1. The van der Waals surface area contributed by atoms with Crippen molar-refractivity contribution in [2.24, 2.45) is 0 Å². The van der Waals surface area contributed by atoms with E-state index in [0.29, 0.717) is 13.1 Å². The molecule has 2 rings (SSSR count). The van der Waals surface area contributed by atoms with Crippen LogP contribution >= 0.6 is 0 Å². The van der Waals surface area contributed by atoms with Crippen molar-refractivity contribution in [3.63, 3.8) is 0 Å². The first kappa shape index (κ1) is 18.6. The van der Waals surface area contributed by atoms with Crippen molar-refractivity contribution in [2.75, 3.05) is 40.3 Å². The lowest BCUT2D eigenvalue weighted by Gasteiger charge is -2.34. The lowest BCUT2D eigenvalue weighted by atomic mass is 10.0. The molecule has 24 heavy (non-hydrogen) atoms. The maximum atomic E-state index is 12.8. The quantitative estimate of drug-likeness (QED) is 0.580. The molecular weight excluding hydrogens is 306 g/mol. The molecule has 0 bridgehead atoms. The van der Waals surface area contributed by atoms with Gasteiger partial charge in [-0.1, -0.05) is 30.3 Å². The SMILES string of the molecule is C[C@@H](C(=O)C(C(=O)OCc1ccccc1)N1CCNCC1)N(C)C. The van der Waals surface area contributed by atoms with Crippen LogP contribution in [0.3, 0.4) is 0 Å². The van der Waals surface area contributed by atoms with Crippen LogP contribution in [-0.2, 0) is 20.9 Å². The van der Waals surface area contributed by atoms with Crippen LogP contribution in [0, 0.1) is 0 Å². The number of piperazine rings is 1. The second kappa shape index (κ2) is 8.92. The standard InChI is InChI=1S/C18H27N3O3/c1-14(20(2)3)17(22)16(21-11-9-19-10-12-21)18(23)24-13-15-7-5-4-6-8-15/h4-8,14,16,19H,9-13H2,1-3H3/t14-,16?/m0/s1. The summed E-state index contributed by atoms with van der Waals surface area (Å²) in [4.78, 5) is 29.2. The molecule has 1 aliphatic rings. The molecular formula is C18H27N3O3. The van der Waals surface area contributed by atoms with Crippen molar-refractivity contribution in [1.82, 2.24) is 15.1 Å². The fourth-order valence-electron chi connectivity index (χ4n) is 2.68. The molecule has 1 heterocycles. The number of nitrogens with zero attached hydrogens (tertiary/aromatic N) is 2. The highest BCUT2D eigenvalue weighted by Gasteiger charge is 2.37. The van der Waals surface area contributed by atoms with E-state index in [1.807, 2.05) is 61.2 Å². The first-order valence-electron chi connectivity index (χ1n) is 8.36. The fraction of sp³-hybridized carbons (Fsp3) is 0.556. The van der Waals surface area contributed by atoms with Crippen LogP contribution in [0.4, 0.5) is 0 Å². The third-order valence-corrected chi connectivity index (χ3v) is 4.42. The number of likely N-dealkylation sites (N-methyl/N-ethyl adjacent to an activating group) is 1. The largest absolute Gasteiger partial charge is 0.459 e. The Morgan fingerprint density at radius 3 is 2.42 bits per heavy atom. The van der Waals surface area contributed by atoms with Gasteiger partial charge in [0, 0.05) is 26.2 Å². The van der Waals surface area contributed by atoms with Crippen molar-refractivity contribution in [3.05, 3.63) is 35.9 Å². The first-order valence-corrected chi connectivity index (χ1v) is 8.36. The van der Waals surface area contributed by atoms with Gasteiger partial charge in [-0.25, -0.2) is 4.79 Å². The molecule has 1 unspecified atom stereocenters. The van der Waals surface area contributed by atoms with E-state index >= 15 is 0 Å². The van der Waals surface area contributed by atoms with Crippen molar-refractivity contribution >= 4 is 11.8 Å². The van der Waals surface area contributed by atoms with E-state index in [2.05, 4.69) is 5.32 Å². The molecule has 1 N–H and O–H groups in total. The van der Waals surface area contributed by atoms with Gasteiger partial charge in [0.05, 0.1) is 6.04 Å². The van der Waals surface area contributed by atoms with Gasteiger partial charge in [-0.2, -0.15) is 0 Å². The summed E-state index contributed by atoms with van der Waals surface area (Å²) in [6.07, 6.45) is 0. The molecule has 1 fully saturated rings. The summed E-state index contributed by atoms with van der Waals surface area (Å²) >= 11 is 0. The van der Waals surface area contributed by atoms with Crippen molar-refractivity contribution in [1.29, 1.82) is 0 Å². The number of rotatable bonds is 7. The van der Waals surface area contributed by atoms with Crippen LogP contribution < -0.4 is 5.32 Å². The lowest BCUT2D eigenvalue weighted by Crippen LogP contribution is -2.58. The second-order valence-corrected chi connectivity index (χ2v) is 6.32. The van der Waals surface area contributed by atoms with Crippen molar-refractivity contribution in [3.8, 4) is 0 Å². The zero-order chi connectivity index (χ0) is 17.5. The normalized spacial score (nSPS) is 18.2. The summed E-state index contributed by atoms with van der Waals surface area (Å²) in [7, 11) is 3.68. The molecule has 0 aromatic heterocycles. The second-order valence-electron chi connectivity index (χ2n) is 6.32. The Hall–Kier alpha value is -1.76. The molecule has 6 nitrogen and oxygen atoms in total. The molecule has 0 aliphatic carbocycles. The maximum Gasteiger partial charge on any atom is 0.331 e. The molecule has 1 saturated heterocycles. The van der Waals surface area contributed by atoms with Gasteiger partial charge >= 0.3 is 5.97 Å². The van der Waals surface area contributed by atoms with Gasteiger partial charge in [0.1, 0.15) is 6.61 Å². The van der Waals surface area contributed by atoms with E-state index in [1.54, 1.807) is 0 Å². The van der Waals surface area contributed by atoms with E-state index in [4.69, 9.17) is 4.74 Å². The van der Waals surface area contributed by atoms with Crippen LogP contribution in [-0.4, -0.2) is 73.9 Å². The molecule has 0 radical (unpaired) electrons. The predicted octanol–water partition coefficient (Wildman–Crippen LogP) is 0.523. The van der Waals surface area contributed by atoms with Crippen molar-refractivity contribution in [2.45, 2.75) is 25.6 Å². The summed E-state index contributed by atoms with van der Waals surface area (Å²) in [5.41, 5.74) is 0.915. The minimum atomic E-state index is -0.840. The molecule has 1 aromatic carbocycles. The number of esters is 1. The van der Waals surface area contributed by atoms with Crippen LogP contribution in [0.1, 0.15) is 12.5 Å². The summed E-state index contributed by atoms with van der Waals surface area (Å²) < 4.78 is 5.45. The highest BCUT2D eigenvalue weighted by Crippen LogP contribution is 2.12. The average molecular weight is 333 g/mol. The highest BCUT2D eigenvalue weighted by molar-refractivity contribution is 6.05. The molecule has 0 spiro atoms. The number of carbonyl (C=O) groups excluding carboxylic acids is 2. The van der Waals surface area contributed by atoms with Gasteiger partial charge in [-0.15, -0.1) is 0 Å². The monoisotopic (exact) mass is 333 g/mol. The van der Waals surface area contributed by atoms with Crippen LogP contribution in [0.25, 0.3) is 0 Å². The Balaban J connectivity index is 2.08. The number of hydrogen-bond acceptors (Lipinski definition) is 6. The minimum Gasteiger partial charge on any atom is -0.459 e. The number of nitrogens with one attached hydrogen (secondary N) is 1. The molecule has 2 atom stereocenters. The number of Topliss-reactive ketones (excluding diaryl/α,β-unsaturated/α-hetero) is 1. The van der Waals surface area contributed by atoms with Crippen molar-refractivity contribution < 1.29 is 14.3 Å². The summed E-state index contributed by atoms with van der Waals surface area (Å²) in [6.45, 7) is 4.88. The molecule has 1 aliphatic heterocycles. The van der Waals surface area contributed by atoms with Crippen LogP contribution in [0.15, 0.2) is 30.3 Å². The van der Waals surface area contributed by atoms with Gasteiger partial charge < -0.3 is 10.1 Å². The number of benzene rings is 1. The number of hydrogen-bond donors (Lipinski definition) is 1. The zero-order valence-corrected chi connectivity index (χ0v) is 14.7. The Morgan fingerprint density at radius 2 is 1.83 bits per heavy atom. The topological polar surface area (TPSA) is 61.9 Å². The van der Waals surface area contributed by atoms with E-state index in [1.165, 1.54) is 0 Å². The zero-order valence-electron chi connectivity index (χ0n) is 14.7. The van der Waals surface area contributed by atoms with Gasteiger partial charge in [0.25, 0.3) is 0 Å². The Bertz CT molecular complexity index is 542. The number of carbonyl (C=O) groups is 2. The Labute approximate surface area is 143 Å². The Morgan fingerprint density at radius 1 is 1.21 bits per heavy atom. The van der Waals surface area contributed by atoms with E-state index in [9.17, 15) is 9.59 Å². The highest BCUT2D eigenvalue weighted by atomic mass is 16.5. The minimum absolute atomic E-state index is 0.111. The van der Waals surface area contributed by atoms with E-state index < -0.39 is 12.0 Å². The van der Waals surface area contributed by atoms with Gasteiger partial charge in [0.2, 0.25) is 0 Å². The fourth-order valence-corrected chi connectivity index (χ4v) is 2.68. The average Bonchev–Trinajstić information content (AvgIpc) is 2.61. The van der Waals surface area contributed by atoms with Gasteiger partial charge in [-0.3, -0.25) is 14.6 Å². The third-order valence-electron chi connectivity index (χ3n) is 4.42. The predicted molar refractivity (Wildman–Crippen MR) is 92.6 cm³/mol. The lowest BCUT2D eigenvalue weighted by molar-refractivity contribution is -0.156. The summed E-state index contributed by atoms with van der Waals surface area (Å²) in [6, 6.07) is 8.33. The van der Waals surface area contributed by atoms with E-state index in [0.717, 1.165) is 18.7 Å². The molecule has 132 valence electrons. The number of ketones is 1. The molecule has 1 aromatic rings. The van der Waals surface area contributed by atoms with E-state index in [-0.39, 0.29) is 18.4 Å². The first-order chi connectivity index (χ1) is 11.5. The summed E-state index contributed by atoms with van der Waals surface area (Å²) in [5, 5.41) is 3.24. The van der Waals surface area contributed by atoms with Gasteiger partial charge in [0.15, 0.2) is 11.8 Å². The van der Waals surface area contributed by atoms with Gasteiger partial charge in [-0.05, 0) is 26.6 Å². The molecule has 6 heteroatoms. The smallest absolute Gasteiger partial charge is 0.331 e. The van der Waals surface area contributed by atoms with Crippen LogP contribution in [0.5, 0.6) is 0 Å². The van der Waals surface area contributed by atoms with Crippen LogP contribution in [0.2, 0.25) is 0 Å². The maximum absolute atomic E-state index is 12.8. The summed E-state index contributed by atoms with van der Waals surface area (Å²) in [5.74, 6) is -0.570. The molecule has 0 amide bonds. The molecule has 0 saturated carbocycles. The third kappa shape index (κ3) is 4.87.